The zero-order valence-corrected chi connectivity index (χ0v) is 8.79. The minimum Gasteiger partial charge on any atom is -0.330 e. The Hall–Kier alpha value is -0.120. The molecule has 0 saturated carbocycles. The Morgan fingerprint density at radius 1 is 1.33 bits per heavy atom. The first kappa shape index (κ1) is 11.9. The molecule has 0 aromatic heterocycles. The molecule has 4 heteroatoms. The Balaban J connectivity index is 0.00000121. The Kier molecular flexibility index (Phi) is 5.46. The first-order valence-electron chi connectivity index (χ1n) is 3.37. The van der Waals surface area contributed by atoms with E-state index in [1.54, 1.807) is 0 Å². The molecule has 0 bridgehead atoms. The smallest absolute Gasteiger partial charge is 0.124 e. The molecule has 0 aliphatic rings. The van der Waals surface area contributed by atoms with Crippen LogP contribution >= 0.6 is 28.3 Å². The quantitative estimate of drug-likeness (QED) is 0.862. The standard InChI is InChI=1S/C8H9BrFN.ClH/c9-7-3-6(1-2-11)4-8(10)5-7;/h3-5H,1-2,11H2;1H. The summed E-state index contributed by atoms with van der Waals surface area (Å²) in [6.45, 7) is 0.551. The maximum atomic E-state index is 12.7. The van der Waals surface area contributed by atoms with Gasteiger partial charge in [-0.15, -0.1) is 12.4 Å². The van der Waals surface area contributed by atoms with Gasteiger partial charge >= 0.3 is 0 Å². The van der Waals surface area contributed by atoms with E-state index in [1.165, 1.54) is 12.1 Å². The SMILES string of the molecule is Cl.NCCc1cc(F)cc(Br)c1. The highest BCUT2D eigenvalue weighted by Gasteiger charge is 1.96. The van der Waals surface area contributed by atoms with Crippen molar-refractivity contribution in [3.63, 3.8) is 0 Å². The van der Waals surface area contributed by atoms with Gasteiger partial charge < -0.3 is 5.73 Å². The maximum absolute atomic E-state index is 12.7. The highest BCUT2D eigenvalue weighted by molar-refractivity contribution is 9.10. The summed E-state index contributed by atoms with van der Waals surface area (Å²) in [7, 11) is 0. The van der Waals surface area contributed by atoms with Gasteiger partial charge in [0, 0.05) is 4.47 Å². The van der Waals surface area contributed by atoms with Gasteiger partial charge in [0.2, 0.25) is 0 Å². The van der Waals surface area contributed by atoms with Gasteiger partial charge in [0.25, 0.3) is 0 Å². The van der Waals surface area contributed by atoms with Crippen LogP contribution in [0, 0.1) is 5.82 Å². The van der Waals surface area contributed by atoms with Gasteiger partial charge in [-0.2, -0.15) is 0 Å². The summed E-state index contributed by atoms with van der Waals surface area (Å²) in [5.74, 6) is -0.220. The predicted octanol–water partition coefficient (Wildman–Crippen LogP) is 2.51. The zero-order valence-electron chi connectivity index (χ0n) is 6.39. The zero-order chi connectivity index (χ0) is 8.27. The molecule has 1 rings (SSSR count). The van der Waals surface area contributed by atoms with Crippen LogP contribution in [0.25, 0.3) is 0 Å². The highest BCUT2D eigenvalue weighted by atomic mass is 79.9. The van der Waals surface area contributed by atoms with Crippen molar-refractivity contribution in [3.8, 4) is 0 Å². The number of rotatable bonds is 2. The van der Waals surface area contributed by atoms with E-state index in [0.29, 0.717) is 6.54 Å². The molecule has 1 aromatic rings. The van der Waals surface area contributed by atoms with E-state index in [-0.39, 0.29) is 18.2 Å². The van der Waals surface area contributed by atoms with E-state index in [2.05, 4.69) is 15.9 Å². The van der Waals surface area contributed by atoms with Gasteiger partial charge in [0.1, 0.15) is 5.82 Å². The average molecular weight is 255 g/mol. The highest BCUT2D eigenvalue weighted by Crippen LogP contribution is 2.14. The van der Waals surface area contributed by atoms with E-state index < -0.39 is 0 Å². The topological polar surface area (TPSA) is 26.0 Å². The lowest BCUT2D eigenvalue weighted by Crippen LogP contribution is -2.02. The molecule has 0 spiro atoms. The van der Waals surface area contributed by atoms with E-state index in [0.717, 1.165) is 16.5 Å². The molecule has 0 amide bonds. The van der Waals surface area contributed by atoms with Gasteiger partial charge in [-0.25, -0.2) is 4.39 Å². The van der Waals surface area contributed by atoms with E-state index in [1.807, 2.05) is 6.07 Å². The second kappa shape index (κ2) is 5.51. The average Bonchev–Trinajstić information content (AvgIpc) is 1.85. The van der Waals surface area contributed by atoms with Crippen LogP contribution in [-0.4, -0.2) is 6.54 Å². The molecule has 0 fully saturated rings. The Bertz CT molecular complexity index is 235. The van der Waals surface area contributed by atoms with E-state index in [9.17, 15) is 4.39 Å². The molecular formula is C8H10BrClFN. The monoisotopic (exact) mass is 253 g/mol. The third kappa shape index (κ3) is 3.52. The van der Waals surface area contributed by atoms with Crippen LogP contribution in [0.2, 0.25) is 0 Å². The van der Waals surface area contributed by atoms with Crippen molar-refractivity contribution in [1.82, 2.24) is 0 Å². The van der Waals surface area contributed by atoms with Gasteiger partial charge in [0.05, 0.1) is 0 Å². The third-order valence-electron chi connectivity index (χ3n) is 1.36. The van der Waals surface area contributed by atoms with E-state index in [4.69, 9.17) is 5.73 Å². The van der Waals surface area contributed by atoms with Crippen molar-refractivity contribution in [2.75, 3.05) is 6.54 Å². The summed E-state index contributed by atoms with van der Waals surface area (Å²) in [6, 6.07) is 4.80. The predicted molar refractivity (Wildman–Crippen MR) is 54.1 cm³/mol. The summed E-state index contributed by atoms with van der Waals surface area (Å²) < 4.78 is 13.4. The number of hydrogen-bond donors (Lipinski definition) is 1. The summed E-state index contributed by atoms with van der Waals surface area (Å²) in [5.41, 5.74) is 6.25. The second-order valence-corrected chi connectivity index (χ2v) is 3.23. The van der Waals surface area contributed by atoms with Crippen LogP contribution in [-0.2, 0) is 6.42 Å². The number of nitrogens with two attached hydrogens (primary N) is 1. The Labute approximate surface area is 85.7 Å². The lowest BCUT2D eigenvalue weighted by Gasteiger charge is -1.99. The minimum absolute atomic E-state index is 0. The molecule has 68 valence electrons. The lowest BCUT2D eigenvalue weighted by atomic mass is 10.1. The molecule has 0 radical (unpaired) electrons. The maximum Gasteiger partial charge on any atom is 0.124 e. The van der Waals surface area contributed by atoms with Crippen molar-refractivity contribution >= 4 is 28.3 Å². The van der Waals surface area contributed by atoms with Gasteiger partial charge in [-0.05, 0) is 36.7 Å². The Morgan fingerprint density at radius 2 is 2.00 bits per heavy atom. The van der Waals surface area contributed by atoms with Crippen molar-refractivity contribution < 1.29 is 4.39 Å². The Morgan fingerprint density at radius 3 is 2.50 bits per heavy atom. The lowest BCUT2D eigenvalue weighted by molar-refractivity contribution is 0.624. The largest absolute Gasteiger partial charge is 0.330 e. The molecule has 0 atom stereocenters. The molecule has 12 heavy (non-hydrogen) atoms. The third-order valence-corrected chi connectivity index (χ3v) is 1.81. The van der Waals surface area contributed by atoms with Crippen molar-refractivity contribution in [2.24, 2.45) is 5.73 Å². The van der Waals surface area contributed by atoms with Gasteiger partial charge in [0.15, 0.2) is 0 Å². The molecule has 1 nitrogen and oxygen atoms in total. The number of hydrogen-bond acceptors (Lipinski definition) is 1. The van der Waals surface area contributed by atoms with Crippen LogP contribution in [0.3, 0.4) is 0 Å². The molecule has 0 saturated heterocycles. The van der Waals surface area contributed by atoms with Crippen molar-refractivity contribution in [3.05, 3.63) is 34.1 Å². The molecule has 2 N–H and O–H groups in total. The van der Waals surface area contributed by atoms with Crippen molar-refractivity contribution in [2.45, 2.75) is 6.42 Å². The molecule has 0 aliphatic carbocycles. The van der Waals surface area contributed by atoms with Crippen LogP contribution in [0.15, 0.2) is 22.7 Å². The summed E-state index contributed by atoms with van der Waals surface area (Å²) in [4.78, 5) is 0. The van der Waals surface area contributed by atoms with Crippen LogP contribution < -0.4 is 5.73 Å². The molecule has 1 aromatic carbocycles. The minimum atomic E-state index is -0.220. The number of benzene rings is 1. The van der Waals surface area contributed by atoms with Crippen molar-refractivity contribution in [1.29, 1.82) is 0 Å². The normalized spacial score (nSPS) is 9.25. The van der Waals surface area contributed by atoms with Crippen LogP contribution in [0.1, 0.15) is 5.56 Å². The fourth-order valence-corrected chi connectivity index (χ4v) is 1.43. The second-order valence-electron chi connectivity index (χ2n) is 2.32. The molecule has 0 aliphatic heterocycles. The first-order chi connectivity index (χ1) is 5.22. The fourth-order valence-electron chi connectivity index (χ4n) is 0.922. The summed E-state index contributed by atoms with van der Waals surface area (Å²) in [5, 5.41) is 0. The molecular weight excluding hydrogens is 244 g/mol. The fraction of sp³-hybridized carbons (Fsp3) is 0.250. The number of halogens is 3. The summed E-state index contributed by atoms with van der Waals surface area (Å²) in [6.07, 6.45) is 0.719. The van der Waals surface area contributed by atoms with Crippen LogP contribution in [0.5, 0.6) is 0 Å². The van der Waals surface area contributed by atoms with Gasteiger partial charge in [-0.1, -0.05) is 15.9 Å². The molecule has 0 unspecified atom stereocenters. The molecule has 0 heterocycles. The van der Waals surface area contributed by atoms with E-state index >= 15 is 0 Å². The van der Waals surface area contributed by atoms with Crippen LogP contribution in [0.4, 0.5) is 4.39 Å². The summed E-state index contributed by atoms with van der Waals surface area (Å²) >= 11 is 3.20. The first-order valence-corrected chi connectivity index (χ1v) is 4.16. The van der Waals surface area contributed by atoms with Gasteiger partial charge in [-0.3, -0.25) is 0 Å².